The Labute approximate surface area is 97.4 Å². The quantitative estimate of drug-likeness (QED) is 0.494. The summed E-state index contributed by atoms with van der Waals surface area (Å²) in [6.07, 6.45) is 5.06. The maximum atomic E-state index is 5.52. The molecule has 84 valence electrons. The molecular weight excluding hydrogens is 204 g/mol. The molecule has 0 unspecified atom stereocenters. The van der Waals surface area contributed by atoms with Gasteiger partial charge in [0, 0.05) is 16.9 Å². The van der Waals surface area contributed by atoms with Crippen molar-refractivity contribution in [3.05, 3.63) is 29.8 Å². The van der Waals surface area contributed by atoms with Crippen LogP contribution in [0.5, 0.6) is 0 Å². The Morgan fingerprint density at radius 2 is 1.80 bits per heavy atom. The Morgan fingerprint density at radius 3 is 2.47 bits per heavy atom. The molecule has 0 saturated carbocycles. The van der Waals surface area contributed by atoms with Crippen LogP contribution >= 0.6 is 12.0 Å². The molecule has 0 atom stereocenters. The van der Waals surface area contributed by atoms with E-state index in [-0.39, 0.29) is 0 Å². The number of benzene rings is 1. The Balaban J connectivity index is 2.07. The van der Waals surface area contributed by atoms with Crippen LogP contribution in [0.4, 0.5) is 0 Å². The average molecular weight is 224 g/mol. The van der Waals surface area contributed by atoms with Gasteiger partial charge < -0.3 is 4.18 Å². The minimum atomic E-state index is 0.860. The predicted molar refractivity (Wildman–Crippen MR) is 67.1 cm³/mol. The first kappa shape index (κ1) is 12.6. The van der Waals surface area contributed by atoms with E-state index in [0.29, 0.717) is 0 Å². The van der Waals surface area contributed by atoms with Gasteiger partial charge in [-0.1, -0.05) is 43.9 Å². The van der Waals surface area contributed by atoms with Gasteiger partial charge in [-0.15, -0.1) is 0 Å². The van der Waals surface area contributed by atoms with Crippen molar-refractivity contribution in [2.24, 2.45) is 0 Å². The highest BCUT2D eigenvalue weighted by Crippen LogP contribution is 2.19. The van der Waals surface area contributed by atoms with Crippen molar-refractivity contribution in [3.8, 4) is 0 Å². The summed E-state index contributed by atoms with van der Waals surface area (Å²) >= 11 is 1.49. The molecule has 1 aromatic rings. The molecule has 0 aliphatic carbocycles. The number of hydrogen-bond acceptors (Lipinski definition) is 2. The zero-order chi connectivity index (χ0) is 10.9. The highest BCUT2D eigenvalue weighted by molar-refractivity contribution is 7.94. The van der Waals surface area contributed by atoms with E-state index in [1.54, 1.807) is 0 Å². The first-order chi connectivity index (χ1) is 7.33. The lowest BCUT2D eigenvalue weighted by Crippen LogP contribution is -1.87. The summed E-state index contributed by atoms with van der Waals surface area (Å²) in [7, 11) is 0. The Hall–Kier alpha value is -0.470. The predicted octanol–water partition coefficient (Wildman–Crippen LogP) is 4.60. The second-order valence-electron chi connectivity index (χ2n) is 3.78. The first-order valence-corrected chi connectivity index (χ1v) is 6.43. The molecule has 0 saturated heterocycles. The Bertz CT molecular complexity index is 256. The van der Waals surface area contributed by atoms with Crippen molar-refractivity contribution in [2.75, 3.05) is 6.61 Å². The van der Waals surface area contributed by atoms with E-state index in [2.05, 4.69) is 38.1 Å². The van der Waals surface area contributed by atoms with Crippen molar-refractivity contribution in [1.82, 2.24) is 0 Å². The summed E-state index contributed by atoms with van der Waals surface area (Å²) in [5.74, 6) is 0. The molecule has 0 radical (unpaired) electrons. The van der Waals surface area contributed by atoms with E-state index >= 15 is 0 Å². The van der Waals surface area contributed by atoms with Crippen molar-refractivity contribution < 1.29 is 4.18 Å². The molecule has 0 fully saturated rings. The van der Waals surface area contributed by atoms with Gasteiger partial charge in [-0.3, -0.25) is 0 Å². The normalized spacial score (nSPS) is 10.5. The second-order valence-corrected chi connectivity index (χ2v) is 4.65. The van der Waals surface area contributed by atoms with Gasteiger partial charge in [0.2, 0.25) is 0 Å². The SMILES string of the molecule is CCCCCCOSc1ccc(C)cc1. The number of hydrogen-bond donors (Lipinski definition) is 0. The summed E-state index contributed by atoms with van der Waals surface area (Å²) in [6, 6.07) is 8.43. The van der Waals surface area contributed by atoms with E-state index in [1.807, 2.05) is 0 Å². The second kappa shape index (κ2) is 7.77. The standard InChI is InChI=1S/C13H20OS/c1-3-4-5-6-11-14-15-13-9-7-12(2)8-10-13/h7-10H,3-6,11H2,1-2H3. The zero-order valence-corrected chi connectivity index (χ0v) is 10.5. The maximum absolute atomic E-state index is 5.52. The van der Waals surface area contributed by atoms with Crippen LogP contribution in [0, 0.1) is 6.92 Å². The van der Waals surface area contributed by atoms with Gasteiger partial charge in [0.25, 0.3) is 0 Å². The van der Waals surface area contributed by atoms with E-state index < -0.39 is 0 Å². The Morgan fingerprint density at radius 1 is 1.07 bits per heavy atom. The fourth-order valence-corrected chi connectivity index (χ4v) is 1.88. The molecule has 0 spiro atoms. The van der Waals surface area contributed by atoms with Crippen LogP contribution in [0.1, 0.15) is 38.2 Å². The zero-order valence-electron chi connectivity index (χ0n) is 9.66. The summed E-state index contributed by atoms with van der Waals surface area (Å²) in [4.78, 5) is 1.19. The lowest BCUT2D eigenvalue weighted by molar-refractivity contribution is 0.356. The minimum absolute atomic E-state index is 0.860. The molecule has 0 bridgehead atoms. The molecule has 0 heterocycles. The molecule has 0 aliphatic heterocycles. The lowest BCUT2D eigenvalue weighted by atomic mass is 10.2. The van der Waals surface area contributed by atoms with E-state index in [1.165, 1.54) is 48.2 Å². The fraction of sp³-hybridized carbons (Fsp3) is 0.538. The Kier molecular flexibility index (Phi) is 6.53. The smallest absolute Gasteiger partial charge is 0.0618 e. The highest BCUT2D eigenvalue weighted by Gasteiger charge is 1.94. The summed E-state index contributed by atoms with van der Waals surface area (Å²) in [6.45, 7) is 5.18. The van der Waals surface area contributed by atoms with Gasteiger partial charge in [-0.2, -0.15) is 0 Å². The van der Waals surface area contributed by atoms with E-state index in [4.69, 9.17) is 4.18 Å². The third kappa shape index (κ3) is 5.85. The van der Waals surface area contributed by atoms with Crippen molar-refractivity contribution in [2.45, 2.75) is 44.4 Å². The summed E-state index contributed by atoms with van der Waals surface area (Å²) in [5.41, 5.74) is 1.29. The minimum Gasteiger partial charge on any atom is -0.310 e. The first-order valence-electron chi connectivity index (χ1n) is 5.69. The molecule has 1 nitrogen and oxygen atoms in total. The third-order valence-electron chi connectivity index (χ3n) is 2.26. The number of aryl methyl sites for hydroxylation is 1. The molecule has 0 aliphatic rings. The monoisotopic (exact) mass is 224 g/mol. The van der Waals surface area contributed by atoms with Crippen LogP contribution in [0.2, 0.25) is 0 Å². The highest BCUT2D eigenvalue weighted by atomic mass is 32.2. The summed E-state index contributed by atoms with van der Waals surface area (Å²) < 4.78 is 5.52. The molecule has 0 aromatic heterocycles. The topological polar surface area (TPSA) is 9.23 Å². The largest absolute Gasteiger partial charge is 0.310 e. The van der Waals surface area contributed by atoms with Crippen LogP contribution in [-0.4, -0.2) is 6.61 Å². The fourth-order valence-electron chi connectivity index (χ4n) is 1.29. The molecular formula is C13H20OS. The van der Waals surface area contributed by atoms with Crippen LogP contribution in [0.3, 0.4) is 0 Å². The number of unbranched alkanes of at least 4 members (excludes halogenated alkanes) is 3. The van der Waals surface area contributed by atoms with Gasteiger partial charge >= 0.3 is 0 Å². The van der Waals surface area contributed by atoms with Crippen molar-refractivity contribution >= 4 is 12.0 Å². The van der Waals surface area contributed by atoms with Gasteiger partial charge in [0.05, 0.1) is 6.61 Å². The van der Waals surface area contributed by atoms with Gasteiger partial charge in [0.15, 0.2) is 0 Å². The summed E-state index contributed by atoms with van der Waals surface area (Å²) in [5, 5.41) is 0. The van der Waals surface area contributed by atoms with Crippen molar-refractivity contribution in [3.63, 3.8) is 0 Å². The van der Waals surface area contributed by atoms with Gasteiger partial charge in [0.1, 0.15) is 0 Å². The molecule has 0 amide bonds. The van der Waals surface area contributed by atoms with Gasteiger partial charge in [-0.05, 0) is 25.5 Å². The van der Waals surface area contributed by atoms with Crippen LogP contribution in [0.15, 0.2) is 29.2 Å². The van der Waals surface area contributed by atoms with Gasteiger partial charge in [-0.25, -0.2) is 0 Å². The van der Waals surface area contributed by atoms with Crippen LogP contribution in [0.25, 0.3) is 0 Å². The molecule has 15 heavy (non-hydrogen) atoms. The number of rotatable bonds is 7. The van der Waals surface area contributed by atoms with Crippen molar-refractivity contribution in [1.29, 1.82) is 0 Å². The van der Waals surface area contributed by atoms with E-state index in [0.717, 1.165) is 6.61 Å². The molecule has 2 heteroatoms. The van der Waals surface area contributed by atoms with Crippen LogP contribution in [-0.2, 0) is 4.18 Å². The lowest BCUT2D eigenvalue weighted by Gasteiger charge is -2.02. The van der Waals surface area contributed by atoms with Crippen LogP contribution < -0.4 is 0 Å². The molecule has 1 rings (SSSR count). The third-order valence-corrected chi connectivity index (χ3v) is 3.01. The van der Waals surface area contributed by atoms with E-state index in [9.17, 15) is 0 Å². The molecule has 1 aromatic carbocycles. The molecule has 0 N–H and O–H groups in total. The maximum Gasteiger partial charge on any atom is 0.0618 e. The average Bonchev–Trinajstić information content (AvgIpc) is 2.26.